The SMILES string of the molecule is O=C(NCc1cccnc1)c1c(OCC2CC2)cc(=O)n2c1CCOCC2. The van der Waals surface area contributed by atoms with Crippen LogP contribution in [0.5, 0.6) is 5.75 Å². The Morgan fingerprint density at radius 1 is 1.37 bits per heavy atom. The zero-order chi connectivity index (χ0) is 18.6. The molecule has 142 valence electrons. The summed E-state index contributed by atoms with van der Waals surface area (Å²) in [5.41, 5.74) is 1.90. The van der Waals surface area contributed by atoms with Crippen molar-refractivity contribution in [2.24, 2.45) is 5.92 Å². The third-order valence-corrected chi connectivity index (χ3v) is 4.90. The Bertz CT molecular complexity index is 875. The van der Waals surface area contributed by atoms with Crippen molar-refractivity contribution in [1.82, 2.24) is 14.9 Å². The zero-order valence-corrected chi connectivity index (χ0v) is 15.1. The fourth-order valence-electron chi connectivity index (χ4n) is 3.23. The van der Waals surface area contributed by atoms with Crippen LogP contribution in [-0.4, -0.2) is 35.3 Å². The summed E-state index contributed by atoms with van der Waals surface area (Å²) in [5, 5.41) is 2.93. The van der Waals surface area contributed by atoms with E-state index < -0.39 is 0 Å². The minimum Gasteiger partial charge on any atom is -0.492 e. The van der Waals surface area contributed by atoms with E-state index in [2.05, 4.69) is 10.3 Å². The van der Waals surface area contributed by atoms with Gasteiger partial charge in [0.15, 0.2) is 0 Å². The highest BCUT2D eigenvalue weighted by atomic mass is 16.5. The summed E-state index contributed by atoms with van der Waals surface area (Å²) in [5.74, 6) is 0.667. The Labute approximate surface area is 157 Å². The van der Waals surface area contributed by atoms with Gasteiger partial charge in [0.05, 0.1) is 19.8 Å². The Morgan fingerprint density at radius 3 is 3.04 bits per heavy atom. The first kappa shape index (κ1) is 17.7. The molecule has 1 saturated carbocycles. The highest BCUT2D eigenvalue weighted by molar-refractivity contribution is 5.98. The standard InChI is InChI=1S/C20H23N3O4/c24-18-10-17(27-13-14-3-4-14)19(16-5-8-26-9-7-23(16)18)20(25)22-12-15-2-1-6-21-11-15/h1-2,6,10-11,14H,3-5,7-9,12-13H2,(H,22,25). The van der Waals surface area contributed by atoms with Crippen LogP contribution in [0.2, 0.25) is 0 Å². The van der Waals surface area contributed by atoms with E-state index in [0.29, 0.717) is 62.3 Å². The summed E-state index contributed by atoms with van der Waals surface area (Å²) < 4.78 is 13.0. The third kappa shape index (κ3) is 4.19. The molecule has 27 heavy (non-hydrogen) atoms. The molecule has 0 unspecified atom stereocenters. The number of nitrogens with one attached hydrogen (secondary N) is 1. The van der Waals surface area contributed by atoms with Crippen LogP contribution in [0.4, 0.5) is 0 Å². The van der Waals surface area contributed by atoms with Gasteiger partial charge in [0.2, 0.25) is 0 Å². The molecular weight excluding hydrogens is 346 g/mol. The van der Waals surface area contributed by atoms with Crippen LogP contribution in [-0.2, 0) is 24.2 Å². The monoisotopic (exact) mass is 369 g/mol. The van der Waals surface area contributed by atoms with E-state index in [9.17, 15) is 9.59 Å². The topological polar surface area (TPSA) is 82.5 Å². The number of amides is 1. The molecule has 0 atom stereocenters. The van der Waals surface area contributed by atoms with Crippen molar-refractivity contribution in [2.45, 2.75) is 32.4 Å². The molecule has 0 spiro atoms. The number of nitrogens with zero attached hydrogens (tertiary/aromatic N) is 2. The Hall–Kier alpha value is -2.67. The molecule has 7 nitrogen and oxygen atoms in total. The summed E-state index contributed by atoms with van der Waals surface area (Å²) in [4.78, 5) is 29.6. The van der Waals surface area contributed by atoms with Crippen molar-refractivity contribution in [2.75, 3.05) is 19.8 Å². The highest BCUT2D eigenvalue weighted by Crippen LogP contribution is 2.31. The average molecular weight is 369 g/mol. The summed E-state index contributed by atoms with van der Waals surface area (Å²) >= 11 is 0. The fraction of sp³-hybridized carbons (Fsp3) is 0.450. The van der Waals surface area contributed by atoms with Gasteiger partial charge in [-0.2, -0.15) is 0 Å². The second-order valence-corrected chi connectivity index (χ2v) is 6.98. The normalized spacial score (nSPS) is 16.3. The first-order valence-electron chi connectivity index (χ1n) is 9.37. The van der Waals surface area contributed by atoms with Gasteiger partial charge >= 0.3 is 0 Å². The number of hydrogen-bond donors (Lipinski definition) is 1. The van der Waals surface area contributed by atoms with Gasteiger partial charge in [0.1, 0.15) is 11.3 Å². The van der Waals surface area contributed by atoms with E-state index in [-0.39, 0.29) is 11.5 Å². The summed E-state index contributed by atoms with van der Waals surface area (Å²) in [6.07, 6.45) is 6.19. The van der Waals surface area contributed by atoms with E-state index in [1.54, 1.807) is 17.0 Å². The molecule has 0 bridgehead atoms. The molecule has 2 aliphatic rings. The molecule has 2 aromatic heterocycles. The van der Waals surface area contributed by atoms with Gasteiger partial charge in [-0.25, -0.2) is 0 Å². The molecule has 4 rings (SSSR count). The number of hydrogen-bond acceptors (Lipinski definition) is 5. The maximum Gasteiger partial charge on any atom is 0.257 e. The second-order valence-electron chi connectivity index (χ2n) is 6.98. The molecular formula is C20H23N3O4. The van der Waals surface area contributed by atoms with Gasteiger partial charge < -0.3 is 19.4 Å². The molecule has 0 aromatic carbocycles. The Kier molecular flexibility index (Phi) is 5.20. The van der Waals surface area contributed by atoms with E-state index in [1.807, 2.05) is 12.1 Å². The number of fused-ring (bicyclic) bond motifs is 1. The van der Waals surface area contributed by atoms with Gasteiger partial charge in [-0.15, -0.1) is 0 Å². The first-order valence-corrected chi connectivity index (χ1v) is 9.37. The van der Waals surface area contributed by atoms with Crippen LogP contribution >= 0.6 is 0 Å². The van der Waals surface area contributed by atoms with Crippen molar-refractivity contribution >= 4 is 5.91 Å². The lowest BCUT2D eigenvalue weighted by Crippen LogP contribution is -2.31. The van der Waals surface area contributed by atoms with Crippen molar-refractivity contribution in [1.29, 1.82) is 0 Å². The number of carbonyl (C=O) groups excluding carboxylic acids is 1. The van der Waals surface area contributed by atoms with Crippen LogP contribution in [0.1, 0.15) is 34.5 Å². The predicted octanol–water partition coefficient (Wildman–Crippen LogP) is 1.53. The van der Waals surface area contributed by atoms with E-state index in [0.717, 1.165) is 18.4 Å². The van der Waals surface area contributed by atoms with Gasteiger partial charge in [-0.3, -0.25) is 14.6 Å². The number of carbonyl (C=O) groups is 1. The van der Waals surface area contributed by atoms with Crippen molar-refractivity contribution < 1.29 is 14.3 Å². The number of pyridine rings is 2. The second kappa shape index (κ2) is 7.92. The van der Waals surface area contributed by atoms with Gasteiger partial charge in [-0.05, 0) is 30.4 Å². The average Bonchev–Trinajstić information content (AvgIpc) is 3.52. The zero-order valence-electron chi connectivity index (χ0n) is 15.1. The number of rotatable bonds is 6. The van der Waals surface area contributed by atoms with Crippen LogP contribution in [0, 0.1) is 5.92 Å². The van der Waals surface area contributed by atoms with Crippen LogP contribution < -0.4 is 15.6 Å². The van der Waals surface area contributed by atoms with Crippen molar-refractivity contribution in [3.63, 3.8) is 0 Å². The highest BCUT2D eigenvalue weighted by Gasteiger charge is 2.27. The maximum absolute atomic E-state index is 13.0. The molecule has 2 aromatic rings. The molecule has 1 fully saturated rings. The lowest BCUT2D eigenvalue weighted by molar-refractivity contribution is 0.0944. The Balaban J connectivity index is 1.64. The molecule has 1 aliphatic carbocycles. The minimum atomic E-state index is -0.240. The van der Waals surface area contributed by atoms with E-state index in [4.69, 9.17) is 9.47 Å². The minimum absolute atomic E-state index is 0.148. The van der Waals surface area contributed by atoms with Gasteiger partial charge in [0.25, 0.3) is 11.5 Å². The maximum atomic E-state index is 13.0. The smallest absolute Gasteiger partial charge is 0.257 e. The van der Waals surface area contributed by atoms with E-state index in [1.165, 1.54) is 6.07 Å². The molecule has 1 N–H and O–H groups in total. The lowest BCUT2D eigenvalue weighted by Gasteiger charge is -2.18. The molecule has 1 aliphatic heterocycles. The van der Waals surface area contributed by atoms with Crippen LogP contribution in [0.15, 0.2) is 35.4 Å². The fourth-order valence-corrected chi connectivity index (χ4v) is 3.23. The van der Waals surface area contributed by atoms with Gasteiger partial charge in [0, 0.05) is 43.7 Å². The van der Waals surface area contributed by atoms with Crippen molar-refractivity contribution in [3.8, 4) is 5.75 Å². The van der Waals surface area contributed by atoms with E-state index >= 15 is 0 Å². The quantitative estimate of drug-likeness (QED) is 0.835. The molecule has 0 saturated heterocycles. The molecule has 0 radical (unpaired) electrons. The van der Waals surface area contributed by atoms with Crippen LogP contribution in [0.3, 0.4) is 0 Å². The summed E-state index contributed by atoms with van der Waals surface area (Å²) in [6, 6.07) is 5.18. The number of aromatic nitrogens is 2. The summed E-state index contributed by atoms with van der Waals surface area (Å²) in [7, 11) is 0. The lowest BCUT2D eigenvalue weighted by atomic mass is 10.1. The summed E-state index contributed by atoms with van der Waals surface area (Å²) in [6.45, 7) is 2.30. The molecule has 3 heterocycles. The first-order chi connectivity index (χ1) is 13.2. The van der Waals surface area contributed by atoms with Crippen molar-refractivity contribution in [3.05, 3.63) is 57.8 Å². The predicted molar refractivity (Wildman–Crippen MR) is 98.9 cm³/mol. The van der Waals surface area contributed by atoms with Crippen LogP contribution in [0.25, 0.3) is 0 Å². The third-order valence-electron chi connectivity index (χ3n) is 4.90. The number of ether oxygens (including phenoxy) is 2. The molecule has 1 amide bonds. The Morgan fingerprint density at radius 2 is 2.26 bits per heavy atom. The van der Waals surface area contributed by atoms with Gasteiger partial charge in [-0.1, -0.05) is 6.07 Å². The molecule has 7 heteroatoms. The largest absolute Gasteiger partial charge is 0.492 e.